The molecule has 0 fully saturated rings. The van der Waals surface area contributed by atoms with E-state index in [1.807, 2.05) is 0 Å². The van der Waals surface area contributed by atoms with Crippen LogP contribution in [-0.4, -0.2) is 17.0 Å². The lowest BCUT2D eigenvalue weighted by atomic mass is 9.83. The summed E-state index contributed by atoms with van der Waals surface area (Å²) in [5.74, 6) is -2.13. The predicted octanol–water partition coefficient (Wildman–Crippen LogP) is 1.46. The summed E-state index contributed by atoms with van der Waals surface area (Å²) in [6, 6.07) is 6.77. The van der Waals surface area contributed by atoms with Crippen molar-refractivity contribution in [2.45, 2.75) is 13.3 Å². The number of hydrogen-bond acceptors (Lipinski definition) is 2. The normalized spacial score (nSPS) is 14.1. The number of carboxylic acid groups (broad SMARTS) is 1. The number of carboxylic acids is 1. The van der Waals surface area contributed by atoms with Gasteiger partial charge in [-0.05, 0) is 25.0 Å². The number of amides is 1. The van der Waals surface area contributed by atoms with Crippen molar-refractivity contribution in [1.82, 2.24) is 0 Å². The fourth-order valence-corrected chi connectivity index (χ4v) is 1.49. The minimum atomic E-state index is -1.63. The fourth-order valence-electron chi connectivity index (χ4n) is 1.29. The third-order valence-electron chi connectivity index (χ3n) is 2.52. The van der Waals surface area contributed by atoms with Crippen LogP contribution >= 0.6 is 11.6 Å². The first-order chi connectivity index (χ1) is 7.38. The summed E-state index contributed by atoms with van der Waals surface area (Å²) in [5, 5.41) is 9.44. The van der Waals surface area contributed by atoms with Crippen molar-refractivity contribution in [2.24, 2.45) is 11.1 Å². The number of halogens is 1. The van der Waals surface area contributed by atoms with E-state index in [0.29, 0.717) is 10.6 Å². The highest BCUT2D eigenvalue weighted by Gasteiger charge is 2.40. The van der Waals surface area contributed by atoms with Gasteiger partial charge in [-0.2, -0.15) is 0 Å². The molecule has 0 aliphatic rings. The Morgan fingerprint density at radius 2 is 2.00 bits per heavy atom. The van der Waals surface area contributed by atoms with Gasteiger partial charge in [-0.1, -0.05) is 29.8 Å². The molecule has 0 bridgehead atoms. The molecule has 1 atom stereocenters. The Kier molecular flexibility index (Phi) is 3.55. The van der Waals surface area contributed by atoms with Gasteiger partial charge in [0, 0.05) is 5.02 Å². The second-order valence-electron chi connectivity index (χ2n) is 3.77. The molecule has 1 aromatic carbocycles. The van der Waals surface area contributed by atoms with E-state index in [4.69, 9.17) is 22.4 Å². The third kappa shape index (κ3) is 2.33. The van der Waals surface area contributed by atoms with Crippen molar-refractivity contribution in [3.8, 4) is 0 Å². The quantitative estimate of drug-likeness (QED) is 0.783. The maximum Gasteiger partial charge on any atom is 0.319 e. The summed E-state index contributed by atoms with van der Waals surface area (Å²) in [4.78, 5) is 22.2. The maximum atomic E-state index is 11.2. The van der Waals surface area contributed by atoms with Crippen LogP contribution in [0, 0.1) is 5.41 Å². The minimum Gasteiger partial charge on any atom is -0.480 e. The molecule has 1 amide bonds. The Bertz CT molecular complexity index is 417. The number of aliphatic carboxylic acids is 1. The van der Waals surface area contributed by atoms with Crippen LogP contribution in [0.3, 0.4) is 0 Å². The first-order valence-electron chi connectivity index (χ1n) is 4.64. The van der Waals surface area contributed by atoms with E-state index in [2.05, 4.69) is 0 Å². The van der Waals surface area contributed by atoms with E-state index in [1.165, 1.54) is 6.92 Å². The van der Waals surface area contributed by atoms with E-state index >= 15 is 0 Å². The minimum absolute atomic E-state index is 0.0165. The number of primary amides is 1. The van der Waals surface area contributed by atoms with E-state index in [1.54, 1.807) is 24.3 Å². The Labute approximate surface area is 98.0 Å². The molecule has 0 aromatic heterocycles. The summed E-state index contributed by atoms with van der Waals surface area (Å²) in [5.41, 5.74) is 4.06. The first-order valence-corrected chi connectivity index (χ1v) is 5.02. The van der Waals surface area contributed by atoms with E-state index in [-0.39, 0.29) is 6.42 Å². The molecule has 0 unspecified atom stereocenters. The number of nitrogens with two attached hydrogens (primary N) is 1. The van der Waals surface area contributed by atoms with Gasteiger partial charge in [0.15, 0.2) is 0 Å². The number of benzene rings is 1. The number of carbonyl (C=O) groups excluding carboxylic acids is 1. The summed E-state index contributed by atoms with van der Waals surface area (Å²) >= 11 is 5.89. The molecule has 0 spiro atoms. The highest BCUT2D eigenvalue weighted by molar-refractivity contribution is 6.31. The first kappa shape index (κ1) is 12.5. The Morgan fingerprint density at radius 3 is 2.44 bits per heavy atom. The zero-order valence-corrected chi connectivity index (χ0v) is 9.49. The van der Waals surface area contributed by atoms with Gasteiger partial charge in [0.05, 0.1) is 0 Å². The largest absolute Gasteiger partial charge is 0.480 e. The average Bonchev–Trinajstić information content (AvgIpc) is 2.20. The Balaban J connectivity index is 3.07. The maximum absolute atomic E-state index is 11.2. The smallest absolute Gasteiger partial charge is 0.319 e. The lowest BCUT2D eigenvalue weighted by molar-refractivity contribution is -0.153. The molecular weight excluding hydrogens is 230 g/mol. The van der Waals surface area contributed by atoms with Gasteiger partial charge >= 0.3 is 5.97 Å². The molecule has 0 saturated heterocycles. The topological polar surface area (TPSA) is 80.4 Å². The number of hydrogen-bond donors (Lipinski definition) is 2. The van der Waals surface area contributed by atoms with E-state index in [9.17, 15) is 9.59 Å². The summed E-state index contributed by atoms with van der Waals surface area (Å²) in [6.07, 6.45) is -0.0165. The van der Waals surface area contributed by atoms with E-state index < -0.39 is 17.3 Å². The third-order valence-corrected chi connectivity index (χ3v) is 2.89. The van der Waals surface area contributed by atoms with Gasteiger partial charge in [-0.25, -0.2) is 0 Å². The zero-order valence-electron chi connectivity index (χ0n) is 8.74. The van der Waals surface area contributed by atoms with Crippen LogP contribution in [0.15, 0.2) is 24.3 Å². The van der Waals surface area contributed by atoms with Crippen LogP contribution in [0.5, 0.6) is 0 Å². The van der Waals surface area contributed by atoms with E-state index in [0.717, 1.165) is 0 Å². The molecule has 0 radical (unpaired) electrons. The molecule has 0 aliphatic heterocycles. The van der Waals surface area contributed by atoms with Crippen LogP contribution in [0.1, 0.15) is 12.5 Å². The van der Waals surface area contributed by atoms with Gasteiger partial charge < -0.3 is 10.8 Å². The molecule has 4 nitrogen and oxygen atoms in total. The van der Waals surface area contributed by atoms with Crippen molar-refractivity contribution in [2.75, 3.05) is 0 Å². The standard InChI is InChI=1S/C11H12ClNO3/c1-11(9(13)14,10(15)16)6-7-4-2-3-5-8(7)12/h2-5H,6H2,1H3,(H2,13,14)(H,15,16)/t11-/m1/s1. The Morgan fingerprint density at radius 1 is 1.44 bits per heavy atom. The molecule has 16 heavy (non-hydrogen) atoms. The van der Waals surface area contributed by atoms with Crippen LogP contribution in [0.25, 0.3) is 0 Å². The molecular formula is C11H12ClNO3. The highest BCUT2D eigenvalue weighted by Crippen LogP contribution is 2.26. The van der Waals surface area contributed by atoms with Gasteiger partial charge in [0.25, 0.3) is 0 Å². The Hall–Kier alpha value is -1.55. The molecule has 1 aromatic rings. The summed E-state index contributed by atoms with van der Waals surface area (Å²) in [6.45, 7) is 1.29. The van der Waals surface area contributed by atoms with Crippen molar-refractivity contribution >= 4 is 23.5 Å². The molecule has 0 saturated carbocycles. The SMILES string of the molecule is C[C@@](Cc1ccccc1Cl)(C(N)=O)C(=O)O. The zero-order chi connectivity index (χ0) is 12.3. The summed E-state index contributed by atoms with van der Waals surface area (Å²) in [7, 11) is 0. The molecule has 3 N–H and O–H groups in total. The van der Waals surface area contributed by atoms with Crippen LogP contribution in [-0.2, 0) is 16.0 Å². The summed E-state index contributed by atoms with van der Waals surface area (Å²) < 4.78 is 0. The van der Waals surface area contributed by atoms with Gasteiger partial charge in [-0.3, -0.25) is 9.59 Å². The van der Waals surface area contributed by atoms with Gasteiger partial charge in [0.1, 0.15) is 5.41 Å². The van der Waals surface area contributed by atoms with Crippen molar-refractivity contribution in [1.29, 1.82) is 0 Å². The number of carbonyl (C=O) groups is 2. The van der Waals surface area contributed by atoms with Crippen molar-refractivity contribution < 1.29 is 14.7 Å². The lowest BCUT2D eigenvalue weighted by Gasteiger charge is -2.21. The van der Waals surface area contributed by atoms with Crippen LogP contribution < -0.4 is 5.73 Å². The second-order valence-corrected chi connectivity index (χ2v) is 4.18. The fraction of sp³-hybridized carbons (Fsp3) is 0.273. The highest BCUT2D eigenvalue weighted by atomic mass is 35.5. The second kappa shape index (κ2) is 4.53. The van der Waals surface area contributed by atoms with Gasteiger partial charge in [0.2, 0.25) is 5.91 Å². The molecule has 5 heteroatoms. The average molecular weight is 242 g/mol. The predicted molar refractivity (Wildman–Crippen MR) is 60.1 cm³/mol. The lowest BCUT2D eigenvalue weighted by Crippen LogP contribution is -2.43. The number of rotatable bonds is 4. The monoisotopic (exact) mass is 241 g/mol. The molecule has 1 rings (SSSR count). The van der Waals surface area contributed by atoms with Crippen molar-refractivity contribution in [3.63, 3.8) is 0 Å². The van der Waals surface area contributed by atoms with Crippen molar-refractivity contribution in [3.05, 3.63) is 34.9 Å². The molecule has 0 heterocycles. The van der Waals surface area contributed by atoms with Gasteiger partial charge in [-0.15, -0.1) is 0 Å². The van der Waals surface area contributed by atoms with Crippen LogP contribution in [0.4, 0.5) is 0 Å². The molecule has 86 valence electrons. The molecule has 0 aliphatic carbocycles. The van der Waals surface area contributed by atoms with Crippen LogP contribution in [0.2, 0.25) is 5.02 Å².